The van der Waals surface area contributed by atoms with E-state index in [2.05, 4.69) is 6.92 Å². The summed E-state index contributed by atoms with van der Waals surface area (Å²) in [4.78, 5) is 0. The molecule has 0 saturated carbocycles. The molecule has 0 aromatic rings. The Morgan fingerprint density at radius 1 is 1.25 bits per heavy atom. The van der Waals surface area contributed by atoms with Gasteiger partial charge in [-0.3, -0.25) is 0 Å². The maximum atomic E-state index is 3.25. The molecule has 0 bridgehead atoms. The maximum absolute atomic E-state index is 3.25. The second kappa shape index (κ2) is 34.1. The summed E-state index contributed by atoms with van der Waals surface area (Å²) in [5.74, 6) is 0. The van der Waals surface area contributed by atoms with Gasteiger partial charge < -0.3 is 14.4 Å². The Hall–Kier alpha value is 1.05. The Balaban J connectivity index is -0.00000000500. The molecule has 0 aliphatic carbocycles. The molecule has 0 aliphatic rings. The molecule has 0 spiro atoms. The van der Waals surface area contributed by atoms with Gasteiger partial charge in [-0.25, -0.2) is 0 Å². The van der Waals surface area contributed by atoms with Gasteiger partial charge in [-0.15, -0.1) is 0 Å². The molecule has 0 aromatic heterocycles. The molecule has 0 saturated heterocycles. The third kappa shape index (κ3) is 11.6. The van der Waals surface area contributed by atoms with Crippen molar-refractivity contribution in [2.75, 3.05) is 0 Å². The quantitative estimate of drug-likeness (QED) is 0.587. The van der Waals surface area contributed by atoms with Gasteiger partial charge in [-0.2, -0.15) is 6.92 Å². The smallest absolute Gasteiger partial charge is 0.358 e. The van der Waals surface area contributed by atoms with E-state index in [0.29, 0.717) is 0 Å². The first-order chi connectivity index (χ1) is 1.00. The average Bonchev–Trinajstić information content (AvgIpc) is 1.00. The second-order valence-electron chi connectivity index (χ2n) is 0. The molecule has 0 radical (unpaired) electrons. The predicted octanol–water partition coefficient (Wildman–Crippen LogP) is 1.29. The van der Waals surface area contributed by atoms with Gasteiger partial charge in [-0.1, -0.05) is 0 Å². The van der Waals surface area contributed by atoms with Gasteiger partial charge in [0.15, 0.2) is 0 Å². The van der Waals surface area contributed by atoms with E-state index in [4.69, 9.17) is 0 Å². The van der Waals surface area contributed by atoms with Crippen LogP contribution in [0.3, 0.4) is 0 Å². The molecule has 4 heavy (non-hydrogen) atoms. The predicted molar refractivity (Wildman–Crippen MR) is 17.4 cm³/mol. The van der Waals surface area contributed by atoms with Crippen LogP contribution < -0.4 is 0 Å². The van der Waals surface area contributed by atoms with Crippen LogP contribution in [-0.4, -0.2) is 0 Å². The Bertz CT molecular complexity index is 3.25. The molecule has 0 heterocycles. The van der Waals surface area contributed by atoms with E-state index in [-0.39, 0.29) is 38.5 Å². The SMILES string of the molecule is [CH2-]C.[CH3-].[U+2]. The van der Waals surface area contributed by atoms with Crippen molar-refractivity contribution in [3.05, 3.63) is 14.4 Å². The molecule has 1 heteroatoms. The molecular weight excluding hydrogens is 274 g/mol. The van der Waals surface area contributed by atoms with E-state index < -0.39 is 0 Å². The van der Waals surface area contributed by atoms with Crippen LogP contribution >= 0.6 is 0 Å². The minimum atomic E-state index is 0. The standard InChI is InChI=1S/C2H5.CH3.U/c1-2;;/h1H2,2H3;1H3;/q2*-1;+2. The van der Waals surface area contributed by atoms with Crippen molar-refractivity contribution in [1.82, 2.24) is 0 Å². The van der Waals surface area contributed by atoms with Gasteiger partial charge in [0, 0.05) is 0 Å². The summed E-state index contributed by atoms with van der Waals surface area (Å²) in [7, 11) is 0. The molecule has 0 rings (SSSR count). The van der Waals surface area contributed by atoms with Crippen LogP contribution in [0, 0.1) is 45.5 Å². The van der Waals surface area contributed by atoms with Crippen molar-refractivity contribution < 1.29 is 31.1 Å². The van der Waals surface area contributed by atoms with Gasteiger partial charge in [0.05, 0.1) is 0 Å². The summed E-state index contributed by atoms with van der Waals surface area (Å²) in [5, 5.41) is 0. The molecular formula is C3H8U. The minimum absolute atomic E-state index is 0. The van der Waals surface area contributed by atoms with Crippen molar-refractivity contribution in [3.8, 4) is 0 Å². The molecule has 0 N–H and O–H groups in total. The zero-order valence-corrected chi connectivity index (χ0v) is 7.37. The zero-order chi connectivity index (χ0) is 2.00. The molecule has 0 aromatic carbocycles. The van der Waals surface area contributed by atoms with Crippen LogP contribution in [0.1, 0.15) is 6.92 Å². The maximum Gasteiger partial charge on any atom is 2.00 e. The van der Waals surface area contributed by atoms with Gasteiger partial charge in [0.1, 0.15) is 0 Å². The van der Waals surface area contributed by atoms with Crippen LogP contribution in [0.4, 0.5) is 0 Å². The molecule has 0 nitrogen and oxygen atoms in total. The normalized spacial score (nSPS) is 1.50. The van der Waals surface area contributed by atoms with Crippen molar-refractivity contribution >= 4 is 0 Å². The number of hydrogen-bond donors (Lipinski definition) is 0. The van der Waals surface area contributed by atoms with E-state index in [0.717, 1.165) is 0 Å². The zero-order valence-electron chi connectivity index (χ0n) is 3.21. The van der Waals surface area contributed by atoms with Crippen molar-refractivity contribution in [2.45, 2.75) is 6.92 Å². The summed E-state index contributed by atoms with van der Waals surface area (Å²) in [6, 6.07) is 0. The van der Waals surface area contributed by atoms with Crippen molar-refractivity contribution in [3.63, 3.8) is 0 Å². The fourth-order valence-corrected chi connectivity index (χ4v) is 0. The molecule has 24 valence electrons. The fraction of sp³-hybridized carbons (Fsp3) is 0.333. The fourth-order valence-electron chi connectivity index (χ4n) is 0. The first-order valence-electron chi connectivity index (χ1n) is 0.707. The van der Waals surface area contributed by atoms with E-state index in [1.807, 2.05) is 0 Å². The van der Waals surface area contributed by atoms with Gasteiger partial charge >= 0.3 is 31.1 Å². The first kappa shape index (κ1) is 19.7. The summed E-state index contributed by atoms with van der Waals surface area (Å²) < 4.78 is 0. The monoisotopic (exact) mass is 282 g/mol. The van der Waals surface area contributed by atoms with Crippen molar-refractivity contribution in [1.29, 1.82) is 0 Å². The molecule has 0 fully saturated rings. The van der Waals surface area contributed by atoms with Crippen LogP contribution in [-0.2, 0) is 0 Å². The largest absolute Gasteiger partial charge is 2.00 e. The summed E-state index contributed by atoms with van der Waals surface area (Å²) in [6.07, 6.45) is 0. The topological polar surface area (TPSA) is 0 Å². The third-order valence-electron chi connectivity index (χ3n) is 0. The van der Waals surface area contributed by atoms with Gasteiger partial charge in [0.25, 0.3) is 0 Å². The van der Waals surface area contributed by atoms with E-state index in [9.17, 15) is 0 Å². The van der Waals surface area contributed by atoms with Gasteiger partial charge in [0.2, 0.25) is 0 Å². The Kier molecular flexibility index (Phi) is 168. The molecule has 0 aliphatic heterocycles. The molecule has 0 atom stereocenters. The Morgan fingerprint density at radius 3 is 1.25 bits per heavy atom. The summed E-state index contributed by atoms with van der Waals surface area (Å²) in [5.41, 5.74) is 0. The van der Waals surface area contributed by atoms with Crippen LogP contribution in [0.25, 0.3) is 0 Å². The number of rotatable bonds is 0. The van der Waals surface area contributed by atoms with Crippen LogP contribution in [0.15, 0.2) is 0 Å². The van der Waals surface area contributed by atoms with E-state index in [1.165, 1.54) is 0 Å². The van der Waals surface area contributed by atoms with Gasteiger partial charge in [-0.05, 0) is 0 Å². The molecule has 0 unspecified atom stereocenters. The first-order valence-corrected chi connectivity index (χ1v) is 0.707. The van der Waals surface area contributed by atoms with Crippen LogP contribution in [0.2, 0.25) is 0 Å². The molecule has 0 amide bonds. The minimum Gasteiger partial charge on any atom is -0.358 e. The van der Waals surface area contributed by atoms with Crippen LogP contribution in [0.5, 0.6) is 0 Å². The Morgan fingerprint density at radius 2 is 1.25 bits per heavy atom. The van der Waals surface area contributed by atoms with Crippen molar-refractivity contribution in [2.24, 2.45) is 0 Å². The Labute approximate surface area is 52.4 Å². The number of hydrogen-bond acceptors (Lipinski definition) is 0. The summed E-state index contributed by atoms with van der Waals surface area (Å²) in [6.45, 7) is 5.00. The third-order valence-corrected chi connectivity index (χ3v) is 0. The van der Waals surface area contributed by atoms with E-state index in [1.54, 1.807) is 6.92 Å². The second-order valence-corrected chi connectivity index (χ2v) is 0. The van der Waals surface area contributed by atoms with E-state index >= 15 is 0 Å². The summed E-state index contributed by atoms with van der Waals surface area (Å²) >= 11 is 0. The average molecular weight is 282 g/mol.